The van der Waals surface area contributed by atoms with E-state index in [4.69, 9.17) is 5.11 Å². The number of hydrogen-bond donors (Lipinski definition) is 2. The number of carboxylic acid groups (broad SMARTS) is 1. The topological polar surface area (TPSA) is 69.6 Å². The molecule has 0 aliphatic carbocycles. The van der Waals surface area contributed by atoms with Crippen molar-refractivity contribution in [3.05, 3.63) is 29.8 Å². The van der Waals surface area contributed by atoms with Gasteiger partial charge in [-0.1, -0.05) is 19.1 Å². The van der Waals surface area contributed by atoms with Gasteiger partial charge in [0, 0.05) is 12.2 Å². The molecule has 96 valence electrons. The van der Waals surface area contributed by atoms with Gasteiger partial charge in [-0.25, -0.2) is 4.79 Å². The second-order valence-corrected chi connectivity index (χ2v) is 4.33. The SMILES string of the molecule is CCc1ccc(N2C(=O)NCC2CC(=O)O)cc1. The molecule has 0 radical (unpaired) electrons. The van der Waals surface area contributed by atoms with Gasteiger partial charge in [-0.15, -0.1) is 0 Å². The van der Waals surface area contributed by atoms with Gasteiger partial charge in [0.15, 0.2) is 0 Å². The van der Waals surface area contributed by atoms with E-state index in [0.717, 1.165) is 12.1 Å². The Kier molecular flexibility index (Phi) is 3.50. The lowest BCUT2D eigenvalue weighted by atomic mass is 10.1. The first-order valence-electron chi connectivity index (χ1n) is 5.99. The molecule has 5 heteroatoms. The van der Waals surface area contributed by atoms with Crippen molar-refractivity contribution in [1.29, 1.82) is 0 Å². The number of nitrogens with zero attached hydrogens (tertiary/aromatic N) is 1. The smallest absolute Gasteiger partial charge is 0.322 e. The van der Waals surface area contributed by atoms with Crippen molar-refractivity contribution in [2.45, 2.75) is 25.8 Å². The zero-order valence-corrected chi connectivity index (χ0v) is 10.2. The highest BCUT2D eigenvalue weighted by Gasteiger charge is 2.33. The van der Waals surface area contributed by atoms with E-state index in [0.29, 0.717) is 6.54 Å². The fraction of sp³-hybridized carbons (Fsp3) is 0.385. The molecule has 1 aliphatic rings. The van der Waals surface area contributed by atoms with E-state index < -0.39 is 5.97 Å². The highest BCUT2D eigenvalue weighted by Crippen LogP contribution is 2.22. The molecule has 1 aliphatic heterocycles. The number of carboxylic acids is 1. The molecule has 1 fully saturated rings. The molecular weight excluding hydrogens is 232 g/mol. The third-order valence-electron chi connectivity index (χ3n) is 3.11. The van der Waals surface area contributed by atoms with E-state index in [1.165, 1.54) is 10.5 Å². The summed E-state index contributed by atoms with van der Waals surface area (Å²) in [5.74, 6) is -0.897. The Morgan fingerprint density at radius 2 is 2.11 bits per heavy atom. The molecule has 2 rings (SSSR count). The lowest BCUT2D eigenvalue weighted by molar-refractivity contribution is -0.137. The second kappa shape index (κ2) is 5.08. The number of hydrogen-bond acceptors (Lipinski definition) is 2. The van der Waals surface area contributed by atoms with Crippen molar-refractivity contribution in [2.24, 2.45) is 0 Å². The molecule has 1 saturated heterocycles. The molecule has 2 N–H and O–H groups in total. The van der Waals surface area contributed by atoms with Gasteiger partial charge < -0.3 is 10.4 Å². The van der Waals surface area contributed by atoms with Gasteiger partial charge in [0.1, 0.15) is 0 Å². The molecule has 1 atom stereocenters. The monoisotopic (exact) mass is 248 g/mol. The molecule has 1 aromatic carbocycles. The quantitative estimate of drug-likeness (QED) is 0.850. The number of anilines is 1. The summed E-state index contributed by atoms with van der Waals surface area (Å²) in [5, 5.41) is 11.5. The third-order valence-corrected chi connectivity index (χ3v) is 3.11. The average Bonchev–Trinajstić information content (AvgIpc) is 2.70. The number of aliphatic carboxylic acids is 1. The minimum Gasteiger partial charge on any atom is -0.481 e. The number of rotatable bonds is 4. The Hall–Kier alpha value is -2.04. The van der Waals surface area contributed by atoms with Gasteiger partial charge in [-0.2, -0.15) is 0 Å². The van der Waals surface area contributed by atoms with E-state index >= 15 is 0 Å². The van der Waals surface area contributed by atoms with Crippen LogP contribution in [0.25, 0.3) is 0 Å². The fourth-order valence-corrected chi connectivity index (χ4v) is 2.13. The van der Waals surface area contributed by atoms with Crippen LogP contribution in [0.2, 0.25) is 0 Å². The van der Waals surface area contributed by atoms with Crippen molar-refractivity contribution < 1.29 is 14.7 Å². The van der Waals surface area contributed by atoms with Gasteiger partial charge in [-0.05, 0) is 24.1 Å². The van der Waals surface area contributed by atoms with Gasteiger partial charge in [-0.3, -0.25) is 9.69 Å². The Morgan fingerprint density at radius 3 is 2.67 bits per heavy atom. The Bertz CT molecular complexity index is 456. The van der Waals surface area contributed by atoms with Crippen LogP contribution in [0.1, 0.15) is 18.9 Å². The van der Waals surface area contributed by atoms with Crippen molar-refractivity contribution in [3.63, 3.8) is 0 Å². The second-order valence-electron chi connectivity index (χ2n) is 4.33. The van der Waals surface area contributed by atoms with E-state index in [2.05, 4.69) is 12.2 Å². The minimum absolute atomic E-state index is 0.0474. The maximum absolute atomic E-state index is 11.7. The summed E-state index contributed by atoms with van der Waals surface area (Å²) in [7, 11) is 0. The van der Waals surface area contributed by atoms with Crippen LogP contribution < -0.4 is 10.2 Å². The van der Waals surface area contributed by atoms with E-state index in [1.807, 2.05) is 24.3 Å². The van der Waals surface area contributed by atoms with Gasteiger partial charge >= 0.3 is 12.0 Å². The van der Waals surface area contributed by atoms with Crippen LogP contribution in [0.15, 0.2) is 24.3 Å². The summed E-state index contributed by atoms with van der Waals surface area (Å²) in [4.78, 5) is 24.0. The van der Waals surface area contributed by atoms with E-state index in [-0.39, 0.29) is 18.5 Å². The van der Waals surface area contributed by atoms with E-state index in [9.17, 15) is 9.59 Å². The molecule has 1 unspecified atom stereocenters. The van der Waals surface area contributed by atoms with Crippen LogP contribution in [0.3, 0.4) is 0 Å². The summed E-state index contributed by atoms with van der Waals surface area (Å²) < 4.78 is 0. The Balaban J connectivity index is 2.21. The fourth-order valence-electron chi connectivity index (χ4n) is 2.13. The van der Waals surface area contributed by atoms with Gasteiger partial charge in [0.2, 0.25) is 0 Å². The Labute approximate surface area is 105 Å². The van der Waals surface area contributed by atoms with Crippen LogP contribution in [0, 0.1) is 0 Å². The molecule has 0 bridgehead atoms. The number of urea groups is 1. The normalized spacial score (nSPS) is 18.8. The molecule has 1 aromatic rings. The molecule has 2 amide bonds. The number of nitrogens with one attached hydrogen (secondary N) is 1. The number of amides is 2. The molecule has 5 nitrogen and oxygen atoms in total. The minimum atomic E-state index is -0.897. The van der Waals surface area contributed by atoms with Crippen molar-refractivity contribution in [1.82, 2.24) is 5.32 Å². The lowest BCUT2D eigenvalue weighted by Crippen LogP contribution is -2.35. The first kappa shape index (κ1) is 12.4. The number of benzene rings is 1. The Morgan fingerprint density at radius 1 is 1.44 bits per heavy atom. The average molecular weight is 248 g/mol. The van der Waals surface area contributed by atoms with Gasteiger partial charge in [0.25, 0.3) is 0 Å². The molecule has 0 aromatic heterocycles. The number of carbonyl (C=O) groups excluding carboxylic acids is 1. The largest absolute Gasteiger partial charge is 0.481 e. The molecular formula is C13H16N2O3. The summed E-state index contributed by atoms with van der Waals surface area (Å²) >= 11 is 0. The zero-order chi connectivity index (χ0) is 13.1. The zero-order valence-electron chi connectivity index (χ0n) is 10.2. The highest BCUT2D eigenvalue weighted by molar-refractivity contribution is 5.95. The third kappa shape index (κ3) is 2.45. The van der Waals surface area contributed by atoms with Crippen LogP contribution in [0.4, 0.5) is 10.5 Å². The predicted molar refractivity (Wildman–Crippen MR) is 67.7 cm³/mol. The van der Waals surface area contributed by atoms with Crippen molar-refractivity contribution >= 4 is 17.7 Å². The van der Waals surface area contributed by atoms with Crippen LogP contribution in [0.5, 0.6) is 0 Å². The number of carbonyl (C=O) groups is 2. The first-order chi connectivity index (χ1) is 8.61. The standard InChI is InChI=1S/C13H16N2O3/c1-2-9-3-5-10(6-4-9)15-11(7-12(16)17)8-14-13(15)18/h3-6,11H,2,7-8H2,1H3,(H,14,18)(H,16,17). The molecule has 0 saturated carbocycles. The lowest BCUT2D eigenvalue weighted by Gasteiger charge is -2.22. The van der Waals surface area contributed by atoms with E-state index in [1.54, 1.807) is 0 Å². The van der Waals surface area contributed by atoms with Crippen molar-refractivity contribution in [3.8, 4) is 0 Å². The maximum atomic E-state index is 11.7. The van der Waals surface area contributed by atoms with Crippen LogP contribution in [-0.4, -0.2) is 29.7 Å². The molecule has 18 heavy (non-hydrogen) atoms. The summed E-state index contributed by atoms with van der Waals surface area (Å²) in [6, 6.07) is 7.09. The summed E-state index contributed by atoms with van der Waals surface area (Å²) in [5.41, 5.74) is 1.93. The van der Waals surface area contributed by atoms with Crippen LogP contribution in [-0.2, 0) is 11.2 Å². The van der Waals surface area contributed by atoms with Gasteiger partial charge in [0.05, 0.1) is 12.5 Å². The summed E-state index contributed by atoms with van der Waals surface area (Å²) in [6.45, 7) is 2.44. The molecule has 0 spiro atoms. The first-order valence-corrected chi connectivity index (χ1v) is 5.99. The number of aryl methyl sites for hydroxylation is 1. The predicted octanol–water partition coefficient (Wildman–Crippen LogP) is 1.62. The van der Waals surface area contributed by atoms with Crippen molar-refractivity contribution in [2.75, 3.05) is 11.4 Å². The highest BCUT2D eigenvalue weighted by atomic mass is 16.4. The van der Waals surface area contributed by atoms with Crippen LogP contribution >= 0.6 is 0 Å². The maximum Gasteiger partial charge on any atom is 0.322 e. The molecule has 1 heterocycles. The summed E-state index contributed by atoms with van der Waals surface area (Å²) in [6.07, 6.45) is 0.888.